The van der Waals surface area contributed by atoms with E-state index < -0.39 is 11.5 Å². The molecule has 0 N–H and O–H groups in total. The third-order valence-corrected chi connectivity index (χ3v) is 3.33. The van der Waals surface area contributed by atoms with Gasteiger partial charge in [0.2, 0.25) is 0 Å². The highest BCUT2D eigenvalue weighted by atomic mass is 16.5. The second-order valence-electron chi connectivity index (χ2n) is 4.99. The largest absolute Gasteiger partial charge is 0.467 e. The zero-order valence-corrected chi connectivity index (χ0v) is 11.8. The van der Waals surface area contributed by atoms with Gasteiger partial charge < -0.3 is 9.47 Å². The second-order valence-corrected chi connectivity index (χ2v) is 4.99. The number of rotatable bonds is 3. The average Bonchev–Trinajstić information content (AvgIpc) is 2.47. The van der Waals surface area contributed by atoms with Crippen molar-refractivity contribution in [1.82, 2.24) is 4.90 Å². The van der Waals surface area contributed by atoms with Crippen LogP contribution in [0.5, 0.6) is 0 Å². The number of amides is 2. The lowest BCUT2D eigenvalue weighted by molar-refractivity contribution is -0.155. The van der Waals surface area contributed by atoms with E-state index in [2.05, 4.69) is 0 Å². The van der Waals surface area contributed by atoms with E-state index in [0.717, 1.165) is 5.69 Å². The molecule has 0 saturated carbocycles. The highest BCUT2D eigenvalue weighted by molar-refractivity contribution is 5.96. The van der Waals surface area contributed by atoms with Gasteiger partial charge in [-0.15, -0.1) is 0 Å². The summed E-state index contributed by atoms with van der Waals surface area (Å²) < 4.78 is 10.2. The molecule has 0 radical (unpaired) electrons. The molecule has 6 heteroatoms. The number of hydrogen-bond donors (Lipinski definition) is 0. The minimum absolute atomic E-state index is 0.0598. The van der Waals surface area contributed by atoms with Crippen molar-refractivity contribution in [3.63, 3.8) is 0 Å². The van der Waals surface area contributed by atoms with Crippen molar-refractivity contribution in [2.75, 3.05) is 25.5 Å². The van der Waals surface area contributed by atoms with Gasteiger partial charge >= 0.3 is 12.0 Å². The van der Waals surface area contributed by atoms with Crippen molar-refractivity contribution < 1.29 is 19.1 Å². The lowest BCUT2D eigenvalue weighted by Gasteiger charge is -2.42. The van der Waals surface area contributed by atoms with E-state index in [1.165, 1.54) is 16.9 Å². The molecule has 0 aromatic heterocycles. The number of esters is 1. The van der Waals surface area contributed by atoms with E-state index in [9.17, 15) is 9.59 Å². The van der Waals surface area contributed by atoms with Crippen molar-refractivity contribution in [3.05, 3.63) is 30.3 Å². The van der Waals surface area contributed by atoms with Crippen LogP contribution in [-0.4, -0.2) is 43.0 Å². The van der Waals surface area contributed by atoms with Crippen molar-refractivity contribution in [1.29, 1.82) is 0 Å². The number of anilines is 1. The number of nitrogens with zero attached hydrogens (tertiary/aromatic N) is 2. The Labute approximate surface area is 117 Å². The van der Waals surface area contributed by atoms with E-state index in [-0.39, 0.29) is 19.5 Å². The maximum absolute atomic E-state index is 12.6. The van der Waals surface area contributed by atoms with Crippen LogP contribution in [0.2, 0.25) is 0 Å². The van der Waals surface area contributed by atoms with Crippen LogP contribution in [0.4, 0.5) is 10.5 Å². The first-order valence-corrected chi connectivity index (χ1v) is 6.29. The Bertz CT molecular complexity index is 501. The molecule has 1 fully saturated rings. The standard InChI is InChI=1S/C14H18N2O4/c1-14(2,12(17)19-3)16-10-20-9-15(13(16)18)11-7-5-4-6-8-11/h4-8H,9-10H2,1-3H3. The Balaban J connectivity index is 2.26. The van der Waals surface area contributed by atoms with Crippen molar-refractivity contribution >= 4 is 17.7 Å². The number of carbonyl (C=O) groups is 2. The van der Waals surface area contributed by atoms with Gasteiger partial charge in [0.15, 0.2) is 0 Å². The van der Waals surface area contributed by atoms with Crippen molar-refractivity contribution in [2.24, 2.45) is 0 Å². The fraction of sp³-hybridized carbons (Fsp3) is 0.429. The molecule has 0 spiro atoms. The van der Waals surface area contributed by atoms with Gasteiger partial charge in [-0.1, -0.05) is 18.2 Å². The first-order chi connectivity index (χ1) is 9.48. The molecule has 1 aromatic carbocycles. The van der Waals surface area contributed by atoms with Crippen LogP contribution in [0, 0.1) is 0 Å². The summed E-state index contributed by atoms with van der Waals surface area (Å²) >= 11 is 0. The Hall–Kier alpha value is -2.08. The molecule has 0 atom stereocenters. The summed E-state index contributed by atoms with van der Waals surface area (Å²) in [5.74, 6) is -0.482. The summed E-state index contributed by atoms with van der Waals surface area (Å²) in [5, 5.41) is 0. The second kappa shape index (κ2) is 5.50. The smallest absolute Gasteiger partial charge is 0.331 e. The Kier molecular flexibility index (Phi) is 3.94. The van der Waals surface area contributed by atoms with Gasteiger partial charge in [0.25, 0.3) is 0 Å². The number of carbonyl (C=O) groups excluding carboxylic acids is 2. The summed E-state index contributed by atoms with van der Waals surface area (Å²) in [6.07, 6.45) is 0. The lowest BCUT2D eigenvalue weighted by atomic mass is 10.0. The molecule has 1 aliphatic heterocycles. The van der Waals surface area contributed by atoms with Gasteiger partial charge in [-0.3, -0.25) is 9.80 Å². The summed E-state index contributed by atoms with van der Waals surface area (Å²) in [4.78, 5) is 27.2. The normalized spacial score (nSPS) is 16.2. The van der Waals surface area contributed by atoms with E-state index in [1.54, 1.807) is 13.8 Å². The number of urea groups is 1. The number of hydrogen-bond acceptors (Lipinski definition) is 4. The van der Waals surface area contributed by atoms with Crippen LogP contribution in [0.25, 0.3) is 0 Å². The third-order valence-electron chi connectivity index (χ3n) is 3.33. The van der Waals surface area contributed by atoms with Gasteiger partial charge in [-0.05, 0) is 26.0 Å². The monoisotopic (exact) mass is 278 g/mol. The fourth-order valence-corrected chi connectivity index (χ4v) is 2.03. The molecule has 1 aromatic rings. The zero-order chi connectivity index (χ0) is 14.8. The Morgan fingerprint density at radius 2 is 1.90 bits per heavy atom. The molecule has 20 heavy (non-hydrogen) atoms. The highest BCUT2D eigenvalue weighted by Crippen LogP contribution is 2.25. The minimum atomic E-state index is -1.08. The van der Waals surface area contributed by atoms with Gasteiger partial charge in [0.1, 0.15) is 19.0 Å². The maximum atomic E-state index is 12.6. The molecule has 108 valence electrons. The first-order valence-electron chi connectivity index (χ1n) is 6.29. The molecule has 1 saturated heterocycles. The quantitative estimate of drug-likeness (QED) is 0.791. The van der Waals surface area contributed by atoms with E-state index in [4.69, 9.17) is 9.47 Å². The molecular formula is C14H18N2O4. The third kappa shape index (κ3) is 2.46. The molecule has 0 unspecified atom stereocenters. The zero-order valence-electron chi connectivity index (χ0n) is 11.8. The predicted molar refractivity (Wildman–Crippen MR) is 73.1 cm³/mol. The summed E-state index contributed by atoms with van der Waals surface area (Å²) in [6.45, 7) is 3.49. The SMILES string of the molecule is COC(=O)C(C)(C)N1COCN(c2ccccc2)C1=O. The Morgan fingerprint density at radius 3 is 2.50 bits per heavy atom. The van der Waals surface area contributed by atoms with Crippen molar-refractivity contribution in [2.45, 2.75) is 19.4 Å². The Morgan fingerprint density at radius 1 is 1.25 bits per heavy atom. The van der Waals surface area contributed by atoms with Crippen LogP contribution in [0.3, 0.4) is 0 Å². The fourth-order valence-electron chi connectivity index (χ4n) is 2.03. The summed E-state index contributed by atoms with van der Waals surface area (Å²) in [5.41, 5.74) is -0.359. The summed E-state index contributed by atoms with van der Waals surface area (Å²) in [6, 6.07) is 8.90. The first kappa shape index (κ1) is 14.3. The van der Waals surface area contributed by atoms with Crippen LogP contribution >= 0.6 is 0 Å². The molecule has 6 nitrogen and oxygen atoms in total. The summed E-state index contributed by atoms with van der Waals surface area (Å²) in [7, 11) is 1.30. The molecule has 1 aliphatic rings. The van der Waals surface area contributed by atoms with Crippen LogP contribution in [-0.2, 0) is 14.3 Å². The maximum Gasteiger partial charge on any atom is 0.331 e. The van der Waals surface area contributed by atoms with Crippen LogP contribution < -0.4 is 4.90 Å². The number of benzene rings is 1. The average molecular weight is 278 g/mol. The van der Waals surface area contributed by atoms with Gasteiger partial charge in [0, 0.05) is 5.69 Å². The van der Waals surface area contributed by atoms with Gasteiger partial charge in [0.05, 0.1) is 7.11 Å². The molecule has 0 bridgehead atoms. The number of ether oxygens (including phenoxy) is 2. The van der Waals surface area contributed by atoms with Crippen molar-refractivity contribution in [3.8, 4) is 0 Å². The topological polar surface area (TPSA) is 59.1 Å². The molecule has 0 aliphatic carbocycles. The van der Waals surface area contributed by atoms with Crippen LogP contribution in [0.1, 0.15) is 13.8 Å². The van der Waals surface area contributed by atoms with Gasteiger partial charge in [-0.25, -0.2) is 9.59 Å². The van der Waals surface area contributed by atoms with Gasteiger partial charge in [-0.2, -0.15) is 0 Å². The van der Waals surface area contributed by atoms with E-state index in [0.29, 0.717) is 0 Å². The molecule has 1 heterocycles. The lowest BCUT2D eigenvalue weighted by Crippen LogP contribution is -2.61. The van der Waals surface area contributed by atoms with Crippen LogP contribution in [0.15, 0.2) is 30.3 Å². The molecule has 2 rings (SSSR count). The number of para-hydroxylation sites is 1. The number of methoxy groups -OCH3 is 1. The highest BCUT2D eigenvalue weighted by Gasteiger charge is 2.43. The minimum Gasteiger partial charge on any atom is -0.467 e. The molecule has 2 amide bonds. The van der Waals surface area contributed by atoms with E-state index >= 15 is 0 Å². The van der Waals surface area contributed by atoms with E-state index in [1.807, 2.05) is 30.3 Å². The molecular weight excluding hydrogens is 260 g/mol. The predicted octanol–water partition coefficient (Wildman–Crippen LogP) is 1.81.